The number of hydrogen-bond acceptors (Lipinski definition) is 5. The summed E-state index contributed by atoms with van der Waals surface area (Å²) in [4.78, 5) is 24.4. The molecular weight excluding hydrogens is 238 g/mol. The van der Waals surface area contributed by atoms with E-state index in [1.165, 1.54) is 6.92 Å². The number of likely N-dealkylation sites (tertiary alicyclic amines) is 1. The van der Waals surface area contributed by atoms with Crippen molar-refractivity contribution in [2.45, 2.75) is 38.0 Å². The fourth-order valence-electron chi connectivity index (χ4n) is 1.92. The molecule has 2 atom stereocenters. The molecule has 0 spiro atoms. The number of carboxylic acids is 1. The van der Waals surface area contributed by atoms with E-state index in [1.54, 1.807) is 0 Å². The molecule has 1 fully saturated rings. The van der Waals surface area contributed by atoms with Gasteiger partial charge in [0.1, 0.15) is 0 Å². The second-order valence-electron chi connectivity index (χ2n) is 4.74. The minimum Gasteiger partial charge on any atom is -0.480 e. The summed E-state index contributed by atoms with van der Waals surface area (Å²) in [7, 11) is 0. The number of piperidine rings is 1. The summed E-state index contributed by atoms with van der Waals surface area (Å²) >= 11 is 0. The van der Waals surface area contributed by atoms with Crippen molar-refractivity contribution in [3.05, 3.63) is 0 Å². The highest BCUT2D eigenvalue weighted by Crippen LogP contribution is 2.07. The highest BCUT2D eigenvalue weighted by molar-refractivity contribution is 5.85. The van der Waals surface area contributed by atoms with E-state index in [1.807, 2.05) is 4.90 Å². The molecule has 5 N–H and O–H groups in total. The molecule has 0 bridgehead atoms. The number of hydrogen-bond donors (Lipinski definition) is 4. The zero-order valence-electron chi connectivity index (χ0n) is 10.5. The Morgan fingerprint density at radius 3 is 2.44 bits per heavy atom. The molecule has 18 heavy (non-hydrogen) atoms. The molecule has 1 heterocycles. The molecule has 1 saturated heterocycles. The first-order valence-corrected chi connectivity index (χ1v) is 6.08. The van der Waals surface area contributed by atoms with Crippen molar-refractivity contribution in [3.8, 4) is 0 Å². The number of carboxylic acid groups (broad SMARTS) is 1. The van der Waals surface area contributed by atoms with Crippen molar-refractivity contribution in [1.29, 1.82) is 0 Å². The van der Waals surface area contributed by atoms with E-state index >= 15 is 0 Å². The van der Waals surface area contributed by atoms with Crippen LogP contribution in [0.2, 0.25) is 0 Å². The number of nitrogens with zero attached hydrogens (tertiary/aromatic N) is 1. The van der Waals surface area contributed by atoms with Gasteiger partial charge in [-0.15, -0.1) is 0 Å². The predicted octanol–water partition coefficient (Wildman–Crippen LogP) is -1.64. The van der Waals surface area contributed by atoms with Crippen LogP contribution in [-0.4, -0.2) is 64.8 Å². The summed E-state index contributed by atoms with van der Waals surface area (Å²) in [5.74, 6) is -1.63. The maximum atomic E-state index is 11.7. The third kappa shape index (κ3) is 4.59. The van der Waals surface area contributed by atoms with E-state index in [-0.39, 0.29) is 12.6 Å². The van der Waals surface area contributed by atoms with E-state index < -0.39 is 24.0 Å². The summed E-state index contributed by atoms with van der Waals surface area (Å²) < 4.78 is 0. The van der Waals surface area contributed by atoms with Gasteiger partial charge in [0.05, 0.1) is 12.6 Å². The Bertz CT molecular complexity index is 301. The molecule has 7 nitrogen and oxygen atoms in total. The van der Waals surface area contributed by atoms with Gasteiger partial charge in [0, 0.05) is 19.1 Å². The minimum atomic E-state index is -1.26. The zero-order chi connectivity index (χ0) is 13.7. The van der Waals surface area contributed by atoms with Crippen LogP contribution in [0.4, 0.5) is 0 Å². The van der Waals surface area contributed by atoms with Crippen molar-refractivity contribution in [2.24, 2.45) is 5.73 Å². The lowest BCUT2D eigenvalue weighted by Crippen LogP contribution is -2.51. The van der Waals surface area contributed by atoms with Crippen LogP contribution in [0.25, 0.3) is 0 Å². The fourth-order valence-corrected chi connectivity index (χ4v) is 1.92. The van der Waals surface area contributed by atoms with Crippen molar-refractivity contribution < 1.29 is 19.8 Å². The largest absolute Gasteiger partial charge is 0.480 e. The molecule has 1 aliphatic rings. The summed E-state index contributed by atoms with van der Waals surface area (Å²) in [5, 5.41) is 20.4. The standard InChI is InChI=1S/C11H21N3O4/c1-7(15)10(11(17)18)13-9(16)6-14-4-2-8(12)3-5-14/h7-8,10,15H,2-6,12H2,1H3,(H,13,16)(H,17,18). The van der Waals surface area contributed by atoms with E-state index in [4.69, 9.17) is 10.8 Å². The first kappa shape index (κ1) is 14.9. The maximum absolute atomic E-state index is 11.7. The van der Waals surface area contributed by atoms with Gasteiger partial charge in [-0.25, -0.2) is 4.79 Å². The summed E-state index contributed by atoms with van der Waals surface area (Å²) in [5.41, 5.74) is 5.75. The first-order valence-electron chi connectivity index (χ1n) is 6.08. The van der Waals surface area contributed by atoms with Crippen LogP contribution in [0.3, 0.4) is 0 Å². The molecule has 7 heteroatoms. The Hall–Kier alpha value is -1.18. The highest BCUT2D eigenvalue weighted by Gasteiger charge is 2.26. The van der Waals surface area contributed by atoms with Gasteiger partial charge in [-0.2, -0.15) is 0 Å². The van der Waals surface area contributed by atoms with E-state index in [0.717, 1.165) is 25.9 Å². The second kappa shape index (κ2) is 6.67. The van der Waals surface area contributed by atoms with Gasteiger partial charge in [-0.3, -0.25) is 9.69 Å². The number of aliphatic hydroxyl groups is 1. The number of aliphatic carboxylic acids is 1. The number of nitrogens with two attached hydrogens (primary N) is 1. The predicted molar refractivity (Wildman–Crippen MR) is 64.9 cm³/mol. The number of carbonyl (C=O) groups is 2. The highest BCUT2D eigenvalue weighted by atomic mass is 16.4. The molecule has 0 aromatic carbocycles. The number of carbonyl (C=O) groups excluding carboxylic acids is 1. The molecule has 0 saturated carbocycles. The van der Waals surface area contributed by atoms with Gasteiger partial charge in [0.15, 0.2) is 6.04 Å². The molecule has 0 aromatic heterocycles. The first-order chi connectivity index (χ1) is 8.40. The normalized spacial score (nSPS) is 21.3. The van der Waals surface area contributed by atoms with Gasteiger partial charge in [-0.1, -0.05) is 0 Å². The number of amides is 1. The lowest BCUT2D eigenvalue weighted by Gasteiger charge is -2.29. The zero-order valence-corrected chi connectivity index (χ0v) is 10.5. The lowest BCUT2D eigenvalue weighted by molar-refractivity contribution is -0.145. The molecule has 2 unspecified atom stereocenters. The van der Waals surface area contributed by atoms with Crippen molar-refractivity contribution in [3.63, 3.8) is 0 Å². The van der Waals surface area contributed by atoms with E-state index in [2.05, 4.69) is 5.32 Å². The summed E-state index contributed by atoms with van der Waals surface area (Å²) in [6, 6.07) is -1.07. The van der Waals surface area contributed by atoms with Gasteiger partial charge < -0.3 is 21.3 Å². The smallest absolute Gasteiger partial charge is 0.328 e. The van der Waals surface area contributed by atoms with Crippen molar-refractivity contribution >= 4 is 11.9 Å². The Morgan fingerprint density at radius 1 is 1.44 bits per heavy atom. The van der Waals surface area contributed by atoms with E-state index in [9.17, 15) is 14.7 Å². The third-order valence-electron chi connectivity index (χ3n) is 3.06. The van der Waals surface area contributed by atoms with Crippen LogP contribution in [-0.2, 0) is 9.59 Å². The SMILES string of the molecule is CC(O)C(NC(=O)CN1CCC(N)CC1)C(=O)O. The fraction of sp³-hybridized carbons (Fsp3) is 0.818. The molecule has 0 radical (unpaired) electrons. The number of nitrogens with one attached hydrogen (secondary N) is 1. The van der Waals surface area contributed by atoms with Crippen molar-refractivity contribution in [2.75, 3.05) is 19.6 Å². The Kier molecular flexibility index (Phi) is 5.52. The van der Waals surface area contributed by atoms with Crippen LogP contribution < -0.4 is 11.1 Å². The van der Waals surface area contributed by atoms with Gasteiger partial charge in [0.2, 0.25) is 5.91 Å². The average Bonchev–Trinajstić information content (AvgIpc) is 2.28. The molecule has 104 valence electrons. The molecule has 0 aliphatic carbocycles. The molecule has 1 rings (SSSR count). The average molecular weight is 259 g/mol. The van der Waals surface area contributed by atoms with Gasteiger partial charge >= 0.3 is 5.97 Å². The Morgan fingerprint density at radius 2 is 2.00 bits per heavy atom. The second-order valence-corrected chi connectivity index (χ2v) is 4.74. The van der Waals surface area contributed by atoms with E-state index in [0.29, 0.717) is 0 Å². The van der Waals surface area contributed by atoms with Crippen LogP contribution in [0.1, 0.15) is 19.8 Å². The molecule has 0 aromatic rings. The van der Waals surface area contributed by atoms with Crippen LogP contribution in [0, 0.1) is 0 Å². The quantitative estimate of drug-likeness (QED) is 0.470. The molecule has 1 aliphatic heterocycles. The Labute approximate surface area is 106 Å². The maximum Gasteiger partial charge on any atom is 0.328 e. The van der Waals surface area contributed by atoms with Crippen molar-refractivity contribution in [1.82, 2.24) is 10.2 Å². The monoisotopic (exact) mass is 259 g/mol. The topological polar surface area (TPSA) is 116 Å². The summed E-state index contributed by atoms with van der Waals surface area (Å²) in [6.07, 6.45) is 0.555. The van der Waals surface area contributed by atoms with Gasteiger partial charge in [-0.05, 0) is 19.8 Å². The number of aliphatic hydroxyl groups excluding tert-OH is 1. The van der Waals surface area contributed by atoms with Crippen LogP contribution in [0.15, 0.2) is 0 Å². The Balaban J connectivity index is 2.38. The third-order valence-corrected chi connectivity index (χ3v) is 3.06. The lowest BCUT2D eigenvalue weighted by atomic mass is 10.1. The summed E-state index contributed by atoms with van der Waals surface area (Å²) in [6.45, 7) is 2.95. The van der Waals surface area contributed by atoms with Gasteiger partial charge in [0.25, 0.3) is 0 Å². The molecule has 1 amide bonds. The van der Waals surface area contributed by atoms with Crippen LogP contribution >= 0.6 is 0 Å². The minimum absolute atomic E-state index is 0.142. The molecular formula is C11H21N3O4. The van der Waals surface area contributed by atoms with Crippen LogP contribution in [0.5, 0.6) is 0 Å². The number of rotatable bonds is 5.